The number of nitrogens with zero attached hydrogens (tertiary/aromatic N) is 2. The van der Waals surface area contributed by atoms with Gasteiger partial charge in [0.15, 0.2) is 4.77 Å². The Kier molecular flexibility index (Phi) is 6.63. The average Bonchev–Trinajstić information content (AvgIpc) is 2.41. The number of carboxylic acids is 1. The van der Waals surface area contributed by atoms with Gasteiger partial charge in [0.1, 0.15) is 11.6 Å². The number of hydrogen-bond acceptors (Lipinski definition) is 6. The van der Waals surface area contributed by atoms with Gasteiger partial charge in [0.05, 0.1) is 0 Å². The second kappa shape index (κ2) is 7.99. The summed E-state index contributed by atoms with van der Waals surface area (Å²) >= 11 is 6.44. The van der Waals surface area contributed by atoms with Crippen LogP contribution in [0.3, 0.4) is 0 Å². The number of thioether (sulfide) groups is 1. The Bertz CT molecular complexity index is 651. The van der Waals surface area contributed by atoms with Crippen molar-refractivity contribution < 1.29 is 15.0 Å². The Morgan fingerprint density at radius 3 is 2.81 bits per heavy atom. The van der Waals surface area contributed by atoms with E-state index in [1.165, 1.54) is 16.3 Å². The summed E-state index contributed by atoms with van der Waals surface area (Å²) in [6, 6.07) is -0.950. The van der Waals surface area contributed by atoms with Gasteiger partial charge >= 0.3 is 5.97 Å². The Morgan fingerprint density at radius 2 is 2.29 bits per heavy atom. The first-order valence-corrected chi connectivity index (χ1v) is 8.03. The number of hydrogen-bond donors (Lipinski definition) is 3. The molecule has 0 radical (unpaired) electrons. The summed E-state index contributed by atoms with van der Waals surface area (Å²) in [4.78, 5) is 29.2. The van der Waals surface area contributed by atoms with Gasteiger partial charge in [-0.15, -0.1) is 0 Å². The highest BCUT2D eigenvalue weighted by molar-refractivity contribution is 7.98. The van der Waals surface area contributed by atoms with Gasteiger partial charge in [-0.1, -0.05) is 0 Å². The lowest BCUT2D eigenvalue weighted by Crippen LogP contribution is -2.22. The van der Waals surface area contributed by atoms with Crippen LogP contribution in [0.15, 0.2) is 9.79 Å². The Balaban J connectivity index is 3.17. The highest BCUT2D eigenvalue weighted by Crippen LogP contribution is 2.12. The fourth-order valence-electron chi connectivity index (χ4n) is 1.64. The molecule has 7 nitrogen and oxygen atoms in total. The van der Waals surface area contributed by atoms with Crippen molar-refractivity contribution in [2.24, 2.45) is 4.99 Å². The van der Waals surface area contributed by atoms with Crippen LogP contribution in [0.5, 0.6) is 5.88 Å². The van der Waals surface area contributed by atoms with E-state index in [-0.39, 0.29) is 16.2 Å². The van der Waals surface area contributed by atoms with Gasteiger partial charge in [-0.2, -0.15) is 11.8 Å². The molecule has 0 saturated heterocycles. The predicted octanol–water partition coefficient (Wildman–Crippen LogP) is 1.26. The van der Waals surface area contributed by atoms with Crippen molar-refractivity contribution >= 4 is 36.2 Å². The monoisotopic (exact) mass is 331 g/mol. The molecule has 116 valence electrons. The topological polar surface area (TPSA) is 108 Å². The summed E-state index contributed by atoms with van der Waals surface area (Å²) in [5, 5.41) is 19.1. The van der Waals surface area contributed by atoms with Crippen LogP contribution in [-0.2, 0) is 11.3 Å². The molecule has 0 saturated carbocycles. The number of aromatic amines is 1. The molecule has 0 unspecified atom stereocenters. The molecule has 21 heavy (non-hydrogen) atoms. The quantitative estimate of drug-likeness (QED) is 0.513. The Labute approximate surface area is 130 Å². The highest BCUT2D eigenvalue weighted by Gasteiger charge is 2.16. The molecule has 3 N–H and O–H groups in total. The number of aromatic hydroxyl groups is 1. The fraction of sp³-hybridized carbons (Fsp3) is 0.500. The molecule has 1 aromatic heterocycles. The fourth-order valence-corrected chi connectivity index (χ4v) is 2.41. The van der Waals surface area contributed by atoms with E-state index < -0.39 is 17.6 Å². The number of aliphatic imine (C=N–C) groups is 1. The predicted molar refractivity (Wildman–Crippen MR) is 85.2 cm³/mol. The molecular formula is C12H17N3O4S2. The van der Waals surface area contributed by atoms with Crippen molar-refractivity contribution in [2.75, 3.05) is 12.0 Å². The van der Waals surface area contributed by atoms with E-state index in [9.17, 15) is 14.7 Å². The number of H-pyrrole nitrogens is 1. The summed E-state index contributed by atoms with van der Waals surface area (Å²) in [5.41, 5.74) is -0.694. The standard InChI is InChI=1S/C12H17N3O4S2/c1-3-15-10(17)7(9(16)14-12(15)20)6-13-8(11(18)19)4-5-21-2/h6,8,17H,3-5H2,1-2H3,(H,18,19)(H,14,16,20)/t8-/m0/s1. The van der Waals surface area contributed by atoms with Gasteiger partial charge in [0.25, 0.3) is 5.56 Å². The molecule has 0 aliphatic heterocycles. The number of aromatic nitrogens is 2. The zero-order valence-electron chi connectivity index (χ0n) is 11.7. The molecular weight excluding hydrogens is 314 g/mol. The first kappa shape index (κ1) is 17.4. The van der Waals surface area contributed by atoms with E-state index in [2.05, 4.69) is 9.98 Å². The number of carbonyl (C=O) groups is 1. The van der Waals surface area contributed by atoms with Crippen LogP contribution < -0.4 is 5.56 Å². The zero-order chi connectivity index (χ0) is 16.0. The van der Waals surface area contributed by atoms with Gasteiger partial charge in [-0.05, 0) is 37.6 Å². The molecule has 0 spiro atoms. The minimum atomic E-state index is -1.07. The normalized spacial score (nSPS) is 12.7. The first-order valence-electron chi connectivity index (χ1n) is 6.23. The van der Waals surface area contributed by atoms with Crippen LogP contribution in [0.25, 0.3) is 0 Å². The highest BCUT2D eigenvalue weighted by atomic mass is 32.2. The van der Waals surface area contributed by atoms with Crippen LogP contribution in [0.1, 0.15) is 18.9 Å². The summed E-state index contributed by atoms with van der Waals surface area (Å²) in [6.45, 7) is 2.13. The molecule has 0 aliphatic carbocycles. The maximum absolute atomic E-state index is 11.8. The first-order chi connectivity index (χ1) is 9.92. The van der Waals surface area contributed by atoms with Crippen LogP contribution in [-0.4, -0.2) is 50.0 Å². The Morgan fingerprint density at radius 1 is 1.62 bits per heavy atom. The molecule has 0 fully saturated rings. The lowest BCUT2D eigenvalue weighted by atomic mass is 10.2. The number of aliphatic carboxylic acids is 1. The van der Waals surface area contributed by atoms with Crippen molar-refractivity contribution in [1.82, 2.24) is 9.55 Å². The van der Waals surface area contributed by atoms with Crippen LogP contribution in [0.2, 0.25) is 0 Å². The molecule has 1 rings (SSSR count). The Hall–Kier alpha value is -1.61. The largest absolute Gasteiger partial charge is 0.494 e. The van der Waals surface area contributed by atoms with E-state index >= 15 is 0 Å². The minimum absolute atomic E-state index is 0.0964. The SMILES string of the molecule is CCn1c(O)c(C=N[C@@H](CCSC)C(=O)O)c(=O)[nH]c1=S. The van der Waals surface area contributed by atoms with Gasteiger partial charge in [0.2, 0.25) is 5.88 Å². The third-order valence-corrected chi connectivity index (χ3v) is 3.75. The number of nitrogens with one attached hydrogen (secondary N) is 1. The molecule has 1 aromatic rings. The second-order valence-electron chi connectivity index (χ2n) is 4.15. The van der Waals surface area contributed by atoms with Crippen molar-refractivity contribution in [3.05, 3.63) is 20.7 Å². The molecule has 0 aliphatic rings. The smallest absolute Gasteiger partial charge is 0.328 e. The average molecular weight is 331 g/mol. The van der Waals surface area contributed by atoms with E-state index in [1.54, 1.807) is 6.92 Å². The zero-order valence-corrected chi connectivity index (χ0v) is 13.3. The van der Waals surface area contributed by atoms with Crippen LogP contribution in [0.4, 0.5) is 0 Å². The maximum Gasteiger partial charge on any atom is 0.328 e. The van der Waals surface area contributed by atoms with Crippen molar-refractivity contribution in [3.8, 4) is 5.88 Å². The van der Waals surface area contributed by atoms with Gasteiger partial charge in [-0.25, -0.2) is 4.79 Å². The third-order valence-electron chi connectivity index (χ3n) is 2.79. The molecule has 1 atom stereocenters. The lowest BCUT2D eigenvalue weighted by Gasteiger charge is -2.09. The molecule has 9 heteroatoms. The summed E-state index contributed by atoms with van der Waals surface area (Å²) < 4.78 is 1.43. The van der Waals surface area contributed by atoms with E-state index in [0.717, 1.165) is 6.21 Å². The maximum atomic E-state index is 11.8. The van der Waals surface area contributed by atoms with E-state index in [1.807, 2.05) is 6.26 Å². The molecule has 0 aromatic carbocycles. The van der Waals surface area contributed by atoms with Crippen LogP contribution >= 0.6 is 24.0 Å². The molecule has 1 heterocycles. The van der Waals surface area contributed by atoms with Gasteiger partial charge in [-0.3, -0.25) is 19.3 Å². The summed E-state index contributed by atoms with van der Waals surface area (Å²) in [7, 11) is 0. The summed E-state index contributed by atoms with van der Waals surface area (Å²) in [5.74, 6) is -0.750. The number of rotatable bonds is 7. The van der Waals surface area contributed by atoms with Crippen LogP contribution in [0, 0.1) is 4.77 Å². The molecule has 0 amide bonds. The second-order valence-corrected chi connectivity index (χ2v) is 5.53. The van der Waals surface area contributed by atoms with Gasteiger partial charge < -0.3 is 10.2 Å². The minimum Gasteiger partial charge on any atom is -0.494 e. The van der Waals surface area contributed by atoms with Gasteiger partial charge in [0, 0.05) is 12.8 Å². The van der Waals surface area contributed by atoms with Crippen molar-refractivity contribution in [2.45, 2.75) is 25.9 Å². The van der Waals surface area contributed by atoms with Crippen molar-refractivity contribution in [3.63, 3.8) is 0 Å². The van der Waals surface area contributed by atoms with E-state index in [4.69, 9.17) is 17.3 Å². The number of carboxylic acid groups (broad SMARTS) is 1. The third kappa shape index (κ3) is 4.43. The lowest BCUT2D eigenvalue weighted by molar-refractivity contribution is -0.138. The summed E-state index contributed by atoms with van der Waals surface area (Å²) in [6.07, 6.45) is 3.30. The molecule has 0 bridgehead atoms. The van der Waals surface area contributed by atoms with E-state index in [0.29, 0.717) is 18.7 Å². The van der Waals surface area contributed by atoms with Crippen molar-refractivity contribution in [1.29, 1.82) is 0 Å².